The molecule has 2 nitrogen and oxygen atoms in total. The van der Waals surface area contributed by atoms with Gasteiger partial charge in [-0.05, 0) is 37.2 Å². The van der Waals surface area contributed by atoms with E-state index in [4.69, 9.17) is 4.74 Å². The molecular weight excluding hydrogens is 248 g/mol. The first-order valence-corrected chi connectivity index (χ1v) is 7.65. The summed E-state index contributed by atoms with van der Waals surface area (Å²) in [7, 11) is 0. The number of hydrogen-bond acceptors (Lipinski definition) is 2. The Labute approximate surface area is 122 Å². The number of ether oxygens (including phenoxy) is 1. The van der Waals surface area contributed by atoms with Gasteiger partial charge in [0.05, 0.1) is 12.2 Å². The molecular formula is C18H26O2. The van der Waals surface area contributed by atoms with Crippen LogP contribution >= 0.6 is 0 Å². The van der Waals surface area contributed by atoms with Crippen molar-refractivity contribution in [3.63, 3.8) is 0 Å². The molecule has 1 aromatic carbocycles. The Morgan fingerprint density at radius 1 is 1.20 bits per heavy atom. The van der Waals surface area contributed by atoms with Crippen molar-refractivity contribution in [2.75, 3.05) is 0 Å². The second-order valence-corrected chi connectivity index (χ2v) is 6.95. The van der Waals surface area contributed by atoms with Crippen molar-refractivity contribution >= 4 is 5.78 Å². The van der Waals surface area contributed by atoms with Gasteiger partial charge in [-0.25, -0.2) is 0 Å². The summed E-state index contributed by atoms with van der Waals surface area (Å²) in [5.74, 6) is 0.199. The molecule has 2 heteroatoms. The zero-order chi connectivity index (χ0) is 14.8. The molecule has 0 radical (unpaired) electrons. The van der Waals surface area contributed by atoms with E-state index in [1.165, 1.54) is 12.0 Å². The first-order chi connectivity index (χ1) is 9.36. The van der Waals surface area contributed by atoms with Crippen LogP contribution in [0.25, 0.3) is 0 Å². The highest BCUT2D eigenvalue weighted by Gasteiger charge is 2.22. The first-order valence-electron chi connectivity index (χ1n) is 7.65. The van der Waals surface area contributed by atoms with Crippen LogP contribution in [0.3, 0.4) is 0 Å². The van der Waals surface area contributed by atoms with Crippen molar-refractivity contribution < 1.29 is 9.53 Å². The van der Waals surface area contributed by atoms with E-state index in [1.807, 2.05) is 12.1 Å². The quantitative estimate of drug-likeness (QED) is 0.758. The maximum atomic E-state index is 12.3. The van der Waals surface area contributed by atoms with Gasteiger partial charge < -0.3 is 4.74 Å². The van der Waals surface area contributed by atoms with Crippen molar-refractivity contribution in [2.24, 2.45) is 0 Å². The number of benzene rings is 1. The molecule has 20 heavy (non-hydrogen) atoms. The fraction of sp³-hybridized carbons (Fsp3) is 0.611. The molecule has 110 valence electrons. The third-order valence-corrected chi connectivity index (χ3v) is 4.05. The van der Waals surface area contributed by atoms with Crippen LogP contribution in [-0.4, -0.2) is 18.0 Å². The van der Waals surface area contributed by atoms with Gasteiger partial charge in [0.15, 0.2) is 5.78 Å². The molecule has 1 fully saturated rings. The molecule has 1 aliphatic rings. The highest BCUT2D eigenvalue weighted by molar-refractivity contribution is 5.96. The normalized spacial score (nSPS) is 23.6. The van der Waals surface area contributed by atoms with E-state index in [0.717, 1.165) is 18.4 Å². The van der Waals surface area contributed by atoms with Gasteiger partial charge in [-0.2, -0.15) is 0 Å². The largest absolute Gasteiger partial charge is 0.375 e. The van der Waals surface area contributed by atoms with Crippen LogP contribution in [0.4, 0.5) is 0 Å². The Kier molecular flexibility index (Phi) is 4.64. The predicted molar refractivity (Wildman–Crippen MR) is 82.3 cm³/mol. The minimum atomic E-state index is 0.105. The van der Waals surface area contributed by atoms with E-state index in [9.17, 15) is 4.79 Å². The van der Waals surface area contributed by atoms with Gasteiger partial charge in [0, 0.05) is 12.0 Å². The van der Waals surface area contributed by atoms with E-state index in [1.54, 1.807) is 0 Å². The Morgan fingerprint density at radius 2 is 1.85 bits per heavy atom. The molecule has 1 saturated heterocycles. The Bertz CT molecular complexity index is 453. The Morgan fingerprint density at radius 3 is 2.40 bits per heavy atom. The molecule has 0 aliphatic carbocycles. The summed E-state index contributed by atoms with van der Waals surface area (Å²) in [4.78, 5) is 12.3. The summed E-state index contributed by atoms with van der Waals surface area (Å²) >= 11 is 0. The van der Waals surface area contributed by atoms with Gasteiger partial charge >= 0.3 is 0 Å². The summed E-state index contributed by atoms with van der Waals surface area (Å²) < 4.78 is 5.84. The third-order valence-electron chi connectivity index (χ3n) is 4.05. The highest BCUT2D eigenvalue weighted by Crippen LogP contribution is 2.24. The minimum absolute atomic E-state index is 0.105. The number of rotatable bonds is 3. The van der Waals surface area contributed by atoms with Crippen LogP contribution in [0.15, 0.2) is 24.3 Å². The average Bonchev–Trinajstić information content (AvgIpc) is 2.38. The maximum absolute atomic E-state index is 12.3. The van der Waals surface area contributed by atoms with E-state index in [0.29, 0.717) is 12.5 Å². The molecule has 1 aromatic rings. The Hall–Kier alpha value is -1.15. The van der Waals surface area contributed by atoms with Gasteiger partial charge in [-0.1, -0.05) is 45.0 Å². The maximum Gasteiger partial charge on any atom is 0.165 e. The van der Waals surface area contributed by atoms with Crippen molar-refractivity contribution in [3.8, 4) is 0 Å². The molecule has 2 rings (SSSR count). The zero-order valence-corrected chi connectivity index (χ0v) is 13.1. The molecule has 0 spiro atoms. The van der Waals surface area contributed by atoms with Crippen LogP contribution in [0.5, 0.6) is 0 Å². The number of hydrogen-bond donors (Lipinski definition) is 0. The molecule has 0 N–H and O–H groups in total. The van der Waals surface area contributed by atoms with Crippen LogP contribution in [0.2, 0.25) is 0 Å². The second-order valence-electron chi connectivity index (χ2n) is 6.95. The lowest BCUT2D eigenvalue weighted by Gasteiger charge is -2.27. The average molecular weight is 274 g/mol. The molecule has 2 atom stereocenters. The smallest absolute Gasteiger partial charge is 0.165 e. The number of ketones is 1. The number of Topliss-reactive ketones (excluding diaryl/α,β-unsaturated/α-hetero) is 1. The SMILES string of the molecule is C[C@@H]1CCC[C@H](CC(=O)c2ccc(C(C)(C)C)cc2)O1. The third kappa shape index (κ3) is 3.92. The van der Waals surface area contributed by atoms with Crippen molar-refractivity contribution in [1.29, 1.82) is 0 Å². The zero-order valence-electron chi connectivity index (χ0n) is 13.1. The molecule has 1 heterocycles. The highest BCUT2D eigenvalue weighted by atomic mass is 16.5. The van der Waals surface area contributed by atoms with Crippen molar-refractivity contribution in [1.82, 2.24) is 0 Å². The van der Waals surface area contributed by atoms with Gasteiger partial charge in [0.25, 0.3) is 0 Å². The fourth-order valence-electron chi connectivity index (χ4n) is 2.73. The Balaban J connectivity index is 1.99. The lowest BCUT2D eigenvalue weighted by molar-refractivity contribution is -0.0393. The standard InChI is InChI=1S/C18H26O2/c1-13-6-5-7-16(20-13)12-17(19)14-8-10-15(11-9-14)18(2,3)4/h8-11,13,16H,5-7,12H2,1-4H3/t13-,16-/m1/s1. The minimum Gasteiger partial charge on any atom is -0.375 e. The van der Waals surface area contributed by atoms with Crippen LogP contribution < -0.4 is 0 Å². The molecule has 0 unspecified atom stereocenters. The number of carbonyl (C=O) groups excluding carboxylic acids is 1. The fourth-order valence-corrected chi connectivity index (χ4v) is 2.73. The van der Waals surface area contributed by atoms with Crippen molar-refractivity contribution in [2.45, 2.75) is 71.0 Å². The van der Waals surface area contributed by atoms with Gasteiger partial charge in [0.1, 0.15) is 0 Å². The molecule has 0 amide bonds. The molecule has 1 aliphatic heterocycles. The lowest BCUT2D eigenvalue weighted by Crippen LogP contribution is -2.27. The predicted octanol–water partition coefficient (Wildman–Crippen LogP) is 4.51. The van der Waals surface area contributed by atoms with Crippen LogP contribution in [0, 0.1) is 0 Å². The first kappa shape index (κ1) is 15.2. The molecule has 0 aromatic heterocycles. The summed E-state index contributed by atoms with van der Waals surface area (Å²) in [5, 5.41) is 0. The molecule has 0 bridgehead atoms. The van der Waals surface area contributed by atoms with Crippen molar-refractivity contribution in [3.05, 3.63) is 35.4 Å². The van der Waals surface area contributed by atoms with Gasteiger partial charge in [-0.3, -0.25) is 4.79 Å². The van der Waals surface area contributed by atoms with Gasteiger partial charge in [0.2, 0.25) is 0 Å². The van der Waals surface area contributed by atoms with Crippen LogP contribution in [0.1, 0.15) is 69.3 Å². The molecule has 0 saturated carbocycles. The number of carbonyl (C=O) groups is 1. The van der Waals surface area contributed by atoms with E-state index >= 15 is 0 Å². The van der Waals surface area contributed by atoms with E-state index in [2.05, 4.69) is 39.8 Å². The second kappa shape index (κ2) is 6.09. The topological polar surface area (TPSA) is 26.3 Å². The van der Waals surface area contributed by atoms with E-state index < -0.39 is 0 Å². The van der Waals surface area contributed by atoms with E-state index in [-0.39, 0.29) is 17.3 Å². The summed E-state index contributed by atoms with van der Waals surface area (Å²) in [5.41, 5.74) is 2.19. The van der Waals surface area contributed by atoms with Crippen LogP contribution in [-0.2, 0) is 10.2 Å². The summed E-state index contributed by atoms with van der Waals surface area (Å²) in [6.45, 7) is 8.64. The van der Waals surface area contributed by atoms with Gasteiger partial charge in [-0.15, -0.1) is 0 Å². The summed E-state index contributed by atoms with van der Waals surface area (Å²) in [6, 6.07) is 8.04. The summed E-state index contributed by atoms with van der Waals surface area (Å²) in [6.07, 6.45) is 4.21. The lowest BCUT2D eigenvalue weighted by atomic mass is 9.86. The monoisotopic (exact) mass is 274 g/mol.